The van der Waals surface area contributed by atoms with E-state index in [1.54, 1.807) is 39.0 Å². The fourth-order valence-electron chi connectivity index (χ4n) is 6.00. The Labute approximate surface area is 566 Å². The number of halogens is 2. The van der Waals surface area contributed by atoms with Gasteiger partial charge in [0.2, 0.25) is 0 Å². The monoisotopic (exact) mass is 1970 g/mol. The minimum atomic E-state index is -3.41. The highest BCUT2D eigenvalue weighted by atomic mass is 33.6. The van der Waals surface area contributed by atoms with Gasteiger partial charge in [-0.05, 0) is 197 Å². The van der Waals surface area contributed by atoms with Crippen LogP contribution in [-0.4, -0.2) is 46.5 Å². The van der Waals surface area contributed by atoms with Gasteiger partial charge in [0.05, 0.1) is 27.6 Å². The largest absolute Gasteiger partial charge is 0.414 e. The molecule has 2 aromatic carbocycles. The standard InChI is InChI=1S/C25H26F2N6O3S.H47P45/c1-14(2)37(34,35)18-7-5-17(6-8-18)21-13-30-23(28)22(31-21)25-33-32-24(36-25)19-9-4-16(10-20(19)27)12-29-15(3)11-26;1-24-36(25(2)3)42(37(26(4)5)27(6)7)45(43(38(28(8)9)29(10)11)39(30(12)13)31(14)15)44(40(32(16)17)33(18)19)41(34(20)21)35(22)23/h4-10,13-15,29H,11-12H2,1-3H3,(H2,28,30);24H,1-23H2. The summed E-state index contributed by atoms with van der Waals surface area (Å²) in [6.07, 6.45) is 1.44. The molecule has 57 heteroatoms. The molecule has 2 aromatic heterocycles. The van der Waals surface area contributed by atoms with Crippen molar-refractivity contribution in [1.29, 1.82) is 0 Å². The van der Waals surface area contributed by atoms with Crippen molar-refractivity contribution < 1.29 is 21.6 Å². The number of nitrogens with one attached hydrogen (secondary N) is 1. The normalized spacial score (nSPS) is 14.4. The maximum absolute atomic E-state index is 14.8. The van der Waals surface area contributed by atoms with Gasteiger partial charge in [-0.1, -0.05) is 26.2 Å². The molecule has 4 aromatic rings. The van der Waals surface area contributed by atoms with E-state index < -0.39 is 27.6 Å². The number of rotatable bonds is 30. The van der Waals surface area contributed by atoms with Crippen LogP contribution in [0.4, 0.5) is 14.6 Å². The van der Waals surface area contributed by atoms with Crippen molar-refractivity contribution in [2.75, 3.05) is 12.4 Å². The molecule has 82 heavy (non-hydrogen) atoms. The van der Waals surface area contributed by atoms with Crippen LogP contribution in [0.3, 0.4) is 0 Å². The third kappa shape index (κ3) is 28.4. The highest BCUT2D eigenvalue weighted by molar-refractivity contribution is 9.50. The number of nitrogens with two attached hydrogens (primary N) is 1. The molecule has 4 rings (SSSR count). The van der Waals surface area contributed by atoms with Crippen LogP contribution in [0.2, 0.25) is 0 Å². The van der Waals surface area contributed by atoms with Gasteiger partial charge >= 0.3 is 0 Å². The third-order valence-electron chi connectivity index (χ3n) is 9.53. The maximum atomic E-state index is 14.8. The second kappa shape index (κ2) is 46.6. The summed E-state index contributed by atoms with van der Waals surface area (Å²) >= 11 is 0. The van der Waals surface area contributed by atoms with Crippen molar-refractivity contribution in [3.63, 3.8) is 0 Å². The number of nitrogens with zero attached hydrogens (tertiary/aromatic N) is 4. The van der Waals surface area contributed by atoms with Gasteiger partial charge in [-0.15, -0.1) is 216 Å². The molecule has 27 atom stereocenters. The Morgan fingerprint density at radius 2 is 0.988 bits per heavy atom. The van der Waals surface area contributed by atoms with E-state index in [-0.39, 0.29) is 187 Å². The van der Waals surface area contributed by atoms with Crippen molar-refractivity contribution >= 4 is 376 Å². The lowest BCUT2D eigenvalue weighted by Gasteiger charge is -2.57. The van der Waals surface area contributed by atoms with Gasteiger partial charge in [0.25, 0.3) is 11.8 Å². The molecule has 0 saturated heterocycles. The summed E-state index contributed by atoms with van der Waals surface area (Å²) in [5, 5.41) is 10.3. The minimum absolute atomic E-state index is 0.0295. The van der Waals surface area contributed by atoms with Gasteiger partial charge in [-0.3, -0.25) is 0 Å². The lowest BCUT2D eigenvalue weighted by atomic mass is 10.1. The molecule has 2 heterocycles. The second-order valence-corrected chi connectivity index (χ2v) is 201. The number of hydrogen-bond acceptors (Lipinski definition) is 9. The van der Waals surface area contributed by atoms with Crippen molar-refractivity contribution in [2.24, 2.45) is 0 Å². The average molecular weight is 1970 g/mol. The molecule has 0 aliphatic carbocycles. The van der Waals surface area contributed by atoms with E-state index in [9.17, 15) is 17.2 Å². The Hall–Kier alpha value is 15.6. The van der Waals surface area contributed by atoms with E-state index in [2.05, 4.69) is 231 Å². The topological polar surface area (TPSA) is 137 Å². The number of hydrogen-bond donors (Lipinski definition) is 2. The molecular weight excluding hydrogens is 1900 g/mol. The molecule has 0 fully saturated rings. The predicted molar refractivity (Wildman–Crippen MR) is 512 cm³/mol. The van der Waals surface area contributed by atoms with Gasteiger partial charge in [0.1, 0.15) is 12.5 Å². The molecule has 0 radical (unpaired) electrons. The molecule has 466 valence electrons. The Bertz CT molecular complexity index is 2550. The molecule has 3 N–H and O–H groups in total. The number of nitrogen functional groups attached to an aromatic ring is 1. The van der Waals surface area contributed by atoms with Gasteiger partial charge in [-0.2, -0.15) is 0 Å². The number of anilines is 1. The van der Waals surface area contributed by atoms with Gasteiger partial charge in [-0.25, -0.2) is 27.2 Å². The van der Waals surface area contributed by atoms with Crippen LogP contribution in [0.5, 0.6) is 0 Å². The molecule has 0 amide bonds. The Balaban J connectivity index is 0.000000436. The van der Waals surface area contributed by atoms with Crippen LogP contribution in [-0.2, 0) is 16.4 Å². The summed E-state index contributed by atoms with van der Waals surface area (Å²) in [7, 11) is 76.6. The number of aromatic nitrogens is 4. The Morgan fingerprint density at radius 1 is 0.585 bits per heavy atom. The zero-order valence-electron chi connectivity index (χ0n) is 43.6. The Kier molecular flexibility index (Phi) is 52.2. The molecule has 0 spiro atoms. The quantitative estimate of drug-likeness (QED) is 0.0489. The summed E-state index contributed by atoms with van der Waals surface area (Å²) < 4.78 is 57.8. The molecule has 27 unspecified atom stereocenters. The first kappa shape index (κ1) is 91.8. The minimum Gasteiger partial charge on any atom is -0.414 e. The summed E-state index contributed by atoms with van der Waals surface area (Å²) in [6.45, 7) is 2.27. The molecule has 0 saturated carbocycles. The number of sulfone groups is 1. The van der Waals surface area contributed by atoms with E-state index in [1.807, 2.05) is 0 Å². The van der Waals surface area contributed by atoms with Crippen LogP contribution < -0.4 is 11.1 Å². The zero-order chi connectivity index (χ0) is 62.6. The van der Waals surface area contributed by atoms with E-state index in [0.717, 1.165) is 7.96 Å². The molecule has 0 aliphatic rings. The fourth-order valence-corrected chi connectivity index (χ4v) is 636. The van der Waals surface area contributed by atoms with Crippen LogP contribution in [0.25, 0.3) is 34.3 Å². The molecule has 0 aliphatic heterocycles. The van der Waals surface area contributed by atoms with E-state index in [1.165, 1.54) is 30.5 Å². The first-order valence-electron chi connectivity index (χ1n) is 21.7. The van der Waals surface area contributed by atoms with Crippen molar-refractivity contribution in [3.8, 4) is 34.3 Å². The van der Waals surface area contributed by atoms with E-state index >= 15 is 0 Å². The van der Waals surface area contributed by atoms with Crippen molar-refractivity contribution in [2.45, 2.75) is 43.5 Å². The maximum Gasteiger partial charge on any atom is 0.270 e. The zero-order valence-corrected chi connectivity index (χ0v) is 90.8. The number of alkyl halides is 1. The van der Waals surface area contributed by atoms with Crippen LogP contribution >= 0.6 is 360 Å². The van der Waals surface area contributed by atoms with Crippen molar-refractivity contribution in [3.05, 3.63) is 60.0 Å². The fraction of sp³-hybridized carbons (Fsp3) is 0.280. The first-order chi connectivity index (χ1) is 38.1. The highest BCUT2D eigenvalue weighted by Gasteiger charge is 2.57. The van der Waals surface area contributed by atoms with Gasteiger partial charge in [0, 0.05) is 18.2 Å². The SMILES string of the molecule is CC(CF)NCc1ccc(-c2nnc(-c3nc(-c4ccc(S(=O)(=O)C(C)C)cc4)cnc3N)o2)c(F)c1.PPP(P(P)P)P(P(P(P)P)P(P)P)P(P(P(P(P)P)P(P)P)P(P(P)P)P(P)P)P(P(P(P)P)P(P)P)P(P(P)P)P(P)P. The smallest absolute Gasteiger partial charge is 0.270 e. The summed E-state index contributed by atoms with van der Waals surface area (Å²) in [5.74, 6) is -0.671. The lowest BCUT2D eigenvalue weighted by molar-refractivity contribution is 0.391. The predicted octanol–water partition coefficient (Wildman–Crippen LogP) is 30.4. The van der Waals surface area contributed by atoms with E-state index in [4.69, 9.17) is 10.2 Å². The lowest BCUT2D eigenvalue weighted by Crippen LogP contribution is -2.27. The Morgan fingerprint density at radius 3 is 1.35 bits per heavy atom. The van der Waals surface area contributed by atoms with Crippen molar-refractivity contribution in [1.82, 2.24) is 25.5 Å². The molecule has 9 nitrogen and oxygen atoms in total. The average Bonchev–Trinajstić information content (AvgIpc) is 3.85. The summed E-state index contributed by atoms with van der Waals surface area (Å²) in [6, 6.07) is 10.4. The van der Waals surface area contributed by atoms with Crippen LogP contribution in [0.1, 0.15) is 26.3 Å². The number of benzene rings is 2. The van der Waals surface area contributed by atoms with Crippen LogP contribution in [0, 0.1) is 5.82 Å². The summed E-state index contributed by atoms with van der Waals surface area (Å²) in [5.41, 5.74) is 7.84. The highest BCUT2D eigenvalue weighted by Crippen LogP contribution is 3.44. The molecular formula is C25H73F2N6O3P45S. The van der Waals surface area contributed by atoms with E-state index in [0.29, 0.717) is 23.4 Å². The third-order valence-corrected chi connectivity index (χ3v) is 320. The summed E-state index contributed by atoms with van der Waals surface area (Å²) in [4.78, 5) is 8.82. The van der Waals surface area contributed by atoms with Gasteiger partial charge in [0.15, 0.2) is 21.3 Å². The second-order valence-electron chi connectivity index (χ2n) is 15.8. The molecule has 0 bridgehead atoms. The van der Waals surface area contributed by atoms with Gasteiger partial charge < -0.3 is 15.5 Å². The van der Waals surface area contributed by atoms with Crippen LogP contribution in [0.15, 0.2) is 58.0 Å². The first-order valence-corrected chi connectivity index (χ1v) is 105.